The second-order valence-electron chi connectivity index (χ2n) is 9.08. The maximum Gasteiger partial charge on any atom is 0.326 e. The van der Waals surface area contributed by atoms with E-state index in [4.69, 9.17) is 5.73 Å². The minimum atomic E-state index is -1.41. The average molecular weight is 517 g/mol. The summed E-state index contributed by atoms with van der Waals surface area (Å²) in [6.45, 7) is 4.83. The zero-order chi connectivity index (χ0) is 27.5. The van der Waals surface area contributed by atoms with E-state index in [0.29, 0.717) is 12.1 Å². The van der Waals surface area contributed by atoms with Crippen LogP contribution in [0, 0.1) is 5.92 Å². The monoisotopic (exact) mass is 516 g/mol. The lowest BCUT2D eigenvalue weighted by atomic mass is 9.98. The summed E-state index contributed by atoms with van der Waals surface area (Å²) in [4.78, 5) is 57.3. The molecule has 2 rings (SSSR count). The molecule has 0 saturated heterocycles. The van der Waals surface area contributed by atoms with Gasteiger partial charge in [-0.1, -0.05) is 50.6 Å². The van der Waals surface area contributed by atoms with E-state index in [1.54, 1.807) is 37.3 Å². The lowest BCUT2D eigenvalue weighted by molar-refractivity contribution is -0.144. The van der Waals surface area contributed by atoms with Gasteiger partial charge in [0.25, 0.3) is 0 Å². The van der Waals surface area contributed by atoms with Gasteiger partial charge >= 0.3 is 5.97 Å². The average Bonchev–Trinajstić information content (AvgIpc) is 3.37. The molecule has 1 heterocycles. The largest absolute Gasteiger partial charge is 0.480 e. The van der Waals surface area contributed by atoms with Crippen LogP contribution in [0.5, 0.6) is 0 Å². The number of aliphatic carboxylic acids is 1. The molecule has 0 spiro atoms. The number of carboxylic acid groups (broad SMARTS) is 1. The summed E-state index contributed by atoms with van der Waals surface area (Å²) < 4.78 is 0. The Labute approximate surface area is 215 Å². The highest BCUT2D eigenvalue weighted by Gasteiger charge is 2.33. The summed E-state index contributed by atoms with van der Waals surface area (Å²) in [5.41, 5.74) is 7.28. The van der Waals surface area contributed by atoms with Crippen molar-refractivity contribution in [3.63, 3.8) is 0 Å². The van der Waals surface area contributed by atoms with Gasteiger partial charge in [0.2, 0.25) is 17.7 Å². The number of aromatic amines is 1. The van der Waals surface area contributed by atoms with Crippen LogP contribution >= 0.6 is 0 Å². The SMILES string of the molecule is CCC(C)C(NC(=O)C(Cc1ccccc1)NC(=O)C(NC(=O)C(N)Cc1cnc[nH]1)C(C)O)C(=O)O. The molecule has 0 bridgehead atoms. The molecule has 2 aromatic rings. The lowest BCUT2D eigenvalue weighted by Crippen LogP contribution is -2.60. The molecule has 12 heteroatoms. The maximum absolute atomic E-state index is 13.2. The minimum Gasteiger partial charge on any atom is -0.480 e. The van der Waals surface area contributed by atoms with E-state index in [1.165, 1.54) is 19.4 Å². The molecule has 0 saturated carbocycles. The number of carbonyl (C=O) groups excluding carboxylic acids is 3. The number of nitrogens with two attached hydrogens (primary N) is 1. The van der Waals surface area contributed by atoms with Crippen LogP contribution in [0.25, 0.3) is 0 Å². The molecule has 3 amide bonds. The number of imidazole rings is 1. The molecule has 37 heavy (non-hydrogen) atoms. The van der Waals surface area contributed by atoms with Gasteiger partial charge in [0.1, 0.15) is 18.1 Å². The third kappa shape index (κ3) is 8.99. The third-order valence-electron chi connectivity index (χ3n) is 6.09. The van der Waals surface area contributed by atoms with Crippen molar-refractivity contribution in [1.82, 2.24) is 25.9 Å². The standard InChI is InChI=1S/C25H36N6O6/c1-4-14(2)20(25(36)37)30-23(34)19(10-16-8-6-5-7-9-16)29-24(35)21(15(3)32)31-22(33)18(26)11-17-12-27-13-28-17/h5-9,12-15,18-21,32H,4,10-11,26H2,1-3H3,(H,27,28)(H,29,35)(H,30,34)(H,31,33)(H,36,37). The molecule has 6 atom stereocenters. The summed E-state index contributed by atoms with van der Waals surface area (Å²) in [7, 11) is 0. The first-order valence-electron chi connectivity index (χ1n) is 12.1. The molecule has 202 valence electrons. The highest BCUT2D eigenvalue weighted by molar-refractivity contribution is 5.94. The van der Waals surface area contributed by atoms with Crippen molar-refractivity contribution >= 4 is 23.7 Å². The van der Waals surface area contributed by atoms with Crippen LogP contribution < -0.4 is 21.7 Å². The van der Waals surface area contributed by atoms with Crippen LogP contribution in [-0.4, -0.2) is 74.1 Å². The number of aliphatic hydroxyl groups excluding tert-OH is 1. The predicted octanol–water partition coefficient (Wildman–Crippen LogP) is -0.512. The zero-order valence-electron chi connectivity index (χ0n) is 21.2. The number of carboxylic acids is 1. The minimum absolute atomic E-state index is 0.0606. The highest BCUT2D eigenvalue weighted by atomic mass is 16.4. The number of nitrogens with one attached hydrogen (secondary N) is 4. The zero-order valence-corrected chi connectivity index (χ0v) is 21.2. The van der Waals surface area contributed by atoms with E-state index in [9.17, 15) is 29.4 Å². The van der Waals surface area contributed by atoms with Crippen molar-refractivity contribution in [2.45, 2.75) is 70.3 Å². The molecular formula is C25H36N6O6. The molecule has 0 aliphatic rings. The van der Waals surface area contributed by atoms with Crippen LogP contribution in [0.15, 0.2) is 42.9 Å². The summed E-state index contributed by atoms with van der Waals surface area (Å²) in [6.07, 6.45) is 2.36. The molecule has 1 aromatic carbocycles. The van der Waals surface area contributed by atoms with Crippen molar-refractivity contribution < 1.29 is 29.4 Å². The number of aromatic nitrogens is 2. The fraction of sp³-hybridized carbons (Fsp3) is 0.480. The Morgan fingerprint density at radius 2 is 1.62 bits per heavy atom. The Balaban J connectivity index is 2.18. The first kappa shape index (κ1) is 29.5. The first-order valence-corrected chi connectivity index (χ1v) is 12.1. The third-order valence-corrected chi connectivity index (χ3v) is 6.09. The quantitative estimate of drug-likeness (QED) is 0.174. The van der Waals surface area contributed by atoms with Gasteiger partial charge in [-0.05, 0) is 18.4 Å². The van der Waals surface area contributed by atoms with E-state index >= 15 is 0 Å². The topological polar surface area (TPSA) is 200 Å². The van der Waals surface area contributed by atoms with Crippen molar-refractivity contribution in [2.75, 3.05) is 0 Å². The van der Waals surface area contributed by atoms with Gasteiger partial charge in [-0.25, -0.2) is 9.78 Å². The summed E-state index contributed by atoms with van der Waals surface area (Å²) in [5, 5.41) is 27.3. The smallest absolute Gasteiger partial charge is 0.326 e. The van der Waals surface area contributed by atoms with Crippen LogP contribution in [0.3, 0.4) is 0 Å². The van der Waals surface area contributed by atoms with Crippen LogP contribution in [-0.2, 0) is 32.0 Å². The van der Waals surface area contributed by atoms with Gasteiger partial charge < -0.3 is 36.9 Å². The van der Waals surface area contributed by atoms with Crippen molar-refractivity contribution in [3.8, 4) is 0 Å². The normalized spacial score (nSPS) is 15.9. The van der Waals surface area contributed by atoms with Gasteiger partial charge in [-0.3, -0.25) is 14.4 Å². The number of rotatable bonds is 14. The molecule has 0 fully saturated rings. The number of aliphatic hydroxyl groups is 1. The predicted molar refractivity (Wildman–Crippen MR) is 135 cm³/mol. The molecular weight excluding hydrogens is 480 g/mol. The van der Waals surface area contributed by atoms with E-state index in [2.05, 4.69) is 25.9 Å². The van der Waals surface area contributed by atoms with Gasteiger partial charge in [-0.2, -0.15) is 0 Å². The van der Waals surface area contributed by atoms with Gasteiger partial charge in [-0.15, -0.1) is 0 Å². The number of hydrogen-bond donors (Lipinski definition) is 7. The lowest BCUT2D eigenvalue weighted by Gasteiger charge is -2.27. The number of amides is 3. The Hall–Kier alpha value is -3.77. The Morgan fingerprint density at radius 3 is 2.16 bits per heavy atom. The van der Waals surface area contributed by atoms with Gasteiger partial charge in [0, 0.05) is 24.7 Å². The van der Waals surface area contributed by atoms with Crippen molar-refractivity contribution in [1.29, 1.82) is 0 Å². The van der Waals surface area contributed by atoms with E-state index in [-0.39, 0.29) is 18.8 Å². The van der Waals surface area contributed by atoms with E-state index in [0.717, 1.165) is 5.56 Å². The number of carbonyl (C=O) groups is 4. The van der Waals surface area contributed by atoms with Crippen LogP contribution in [0.1, 0.15) is 38.4 Å². The first-order chi connectivity index (χ1) is 17.5. The fourth-order valence-corrected chi connectivity index (χ4v) is 3.65. The molecule has 0 aliphatic carbocycles. The number of H-pyrrole nitrogens is 1. The Bertz CT molecular complexity index is 1030. The van der Waals surface area contributed by atoms with E-state index in [1.807, 2.05) is 6.92 Å². The second-order valence-corrected chi connectivity index (χ2v) is 9.08. The van der Waals surface area contributed by atoms with E-state index < -0.39 is 54.0 Å². The molecule has 0 radical (unpaired) electrons. The summed E-state index contributed by atoms with van der Waals surface area (Å²) >= 11 is 0. The molecule has 12 nitrogen and oxygen atoms in total. The van der Waals surface area contributed by atoms with Crippen molar-refractivity contribution in [3.05, 3.63) is 54.1 Å². The molecule has 1 aromatic heterocycles. The van der Waals surface area contributed by atoms with Crippen LogP contribution in [0.4, 0.5) is 0 Å². The van der Waals surface area contributed by atoms with Gasteiger partial charge in [0.05, 0.1) is 18.5 Å². The van der Waals surface area contributed by atoms with Crippen LogP contribution in [0.2, 0.25) is 0 Å². The molecule has 6 unspecified atom stereocenters. The number of benzene rings is 1. The summed E-state index contributed by atoms with van der Waals surface area (Å²) in [6, 6.07) is 4.11. The number of nitrogens with zero attached hydrogens (tertiary/aromatic N) is 1. The fourth-order valence-electron chi connectivity index (χ4n) is 3.65. The van der Waals surface area contributed by atoms with Gasteiger partial charge in [0.15, 0.2) is 0 Å². The maximum atomic E-state index is 13.2. The molecule has 0 aliphatic heterocycles. The van der Waals surface area contributed by atoms with Crippen molar-refractivity contribution in [2.24, 2.45) is 11.7 Å². The Kier molecular flexibility index (Phi) is 11.2. The highest BCUT2D eigenvalue weighted by Crippen LogP contribution is 2.10. The number of hydrogen-bond acceptors (Lipinski definition) is 7. The second kappa shape index (κ2) is 14.1. The molecule has 8 N–H and O–H groups in total. The summed E-state index contributed by atoms with van der Waals surface area (Å²) in [5.74, 6) is -3.73. The Morgan fingerprint density at radius 1 is 0.973 bits per heavy atom.